The molecule has 0 aromatic heterocycles. The first kappa shape index (κ1) is 9.43. The molecule has 0 amide bonds. The molecule has 60 valence electrons. The van der Waals surface area contributed by atoms with E-state index in [1.54, 1.807) is 0 Å². The Kier molecular flexibility index (Phi) is 4.03. The van der Waals surface area contributed by atoms with Crippen LogP contribution in [0.2, 0.25) is 0 Å². The molecule has 0 aromatic rings. The van der Waals surface area contributed by atoms with E-state index in [2.05, 4.69) is 0 Å². The normalized spacial score (nSPS) is 13.6. The van der Waals surface area contributed by atoms with Gasteiger partial charge in [0.1, 0.15) is 0 Å². The number of carbonyl (C=O) groups is 1. The summed E-state index contributed by atoms with van der Waals surface area (Å²) >= 11 is 0. The van der Waals surface area contributed by atoms with Gasteiger partial charge in [-0.25, -0.2) is 0 Å². The van der Waals surface area contributed by atoms with E-state index < -0.39 is 12.1 Å². The number of hydrogen-bond acceptors (Lipinski definition) is 2. The molecule has 0 aliphatic heterocycles. The summed E-state index contributed by atoms with van der Waals surface area (Å²) in [6.45, 7) is 3.90. The van der Waals surface area contributed by atoms with Gasteiger partial charge in [-0.05, 0) is 12.3 Å². The number of aliphatic hydroxyl groups excluding tert-OH is 1. The standard InChI is InChI=1S/C7H14O3/c1-5(2)3-6(8)4-7(9)10/h5-6,8H,3-4H2,1-2H3,(H,9,10)/t6-/m1/s1. The summed E-state index contributed by atoms with van der Waals surface area (Å²) in [5.74, 6) is -0.581. The average molecular weight is 146 g/mol. The summed E-state index contributed by atoms with van der Waals surface area (Å²) in [6.07, 6.45) is -0.262. The predicted molar refractivity (Wildman–Crippen MR) is 37.7 cm³/mol. The van der Waals surface area contributed by atoms with E-state index in [-0.39, 0.29) is 6.42 Å². The van der Waals surface area contributed by atoms with Crippen molar-refractivity contribution in [1.29, 1.82) is 0 Å². The van der Waals surface area contributed by atoms with Crippen molar-refractivity contribution in [3.63, 3.8) is 0 Å². The van der Waals surface area contributed by atoms with Gasteiger partial charge in [0.05, 0.1) is 12.5 Å². The van der Waals surface area contributed by atoms with Crippen LogP contribution in [-0.2, 0) is 4.79 Å². The van der Waals surface area contributed by atoms with E-state index >= 15 is 0 Å². The molecule has 0 saturated carbocycles. The number of aliphatic hydroxyl groups is 1. The Balaban J connectivity index is 3.43. The van der Waals surface area contributed by atoms with Crippen LogP contribution in [0.25, 0.3) is 0 Å². The first-order valence-corrected chi connectivity index (χ1v) is 3.42. The minimum Gasteiger partial charge on any atom is -0.481 e. The van der Waals surface area contributed by atoms with Gasteiger partial charge in [-0.2, -0.15) is 0 Å². The van der Waals surface area contributed by atoms with Gasteiger partial charge in [-0.1, -0.05) is 13.8 Å². The van der Waals surface area contributed by atoms with Crippen molar-refractivity contribution in [3.8, 4) is 0 Å². The minimum absolute atomic E-state index is 0.141. The second-order valence-electron chi connectivity index (χ2n) is 2.88. The summed E-state index contributed by atoms with van der Waals surface area (Å²) in [5, 5.41) is 17.2. The van der Waals surface area contributed by atoms with E-state index in [0.717, 1.165) is 0 Å². The van der Waals surface area contributed by atoms with E-state index in [1.807, 2.05) is 13.8 Å². The van der Waals surface area contributed by atoms with E-state index in [4.69, 9.17) is 10.2 Å². The van der Waals surface area contributed by atoms with Crippen LogP contribution in [-0.4, -0.2) is 22.3 Å². The van der Waals surface area contributed by atoms with E-state index in [9.17, 15) is 4.79 Å². The van der Waals surface area contributed by atoms with Crippen LogP contribution in [0.3, 0.4) is 0 Å². The van der Waals surface area contributed by atoms with Crippen LogP contribution in [0.15, 0.2) is 0 Å². The lowest BCUT2D eigenvalue weighted by Gasteiger charge is -2.09. The average Bonchev–Trinajstić information content (AvgIpc) is 1.58. The third-order valence-electron chi connectivity index (χ3n) is 1.15. The Bertz CT molecular complexity index is 109. The maximum absolute atomic E-state index is 10.0. The molecule has 0 unspecified atom stereocenters. The first-order valence-electron chi connectivity index (χ1n) is 3.42. The lowest BCUT2D eigenvalue weighted by atomic mass is 10.0. The quantitative estimate of drug-likeness (QED) is 0.618. The van der Waals surface area contributed by atoms with E-state index in [0.29, 0.717) is 12.3 Å². The molecule has 10 heavy (non-hydrogen) atoms. The highest BCUT2D eigenvalue weighted by Crippen LogP contribution is 2.06. The highest BCUT2D eigenvalue weighted by atomic mass is 16.4. The second-order valence-corrected chi connectivity index (χ2v) is 2.88. The maximum atomic E-state index is 10.0. The molecule has 1 atom stereocenters. The van der Waals surface area contributed by atoms with Gasteiger partial charge in [0, 0.05) is 0 Å². The summed E-state index contributed by atoms with van der Waals surface area (Å²) in [6, 6.07) is 0. The molecule has 0 bridgehead atoms. The fraction of sp³-hybridized carbons (Fsp3) is 0.857. The van der Waals surface area contributed by atoms with Crippen molar-refractivity contribution in [2.75, 3.05) is 0 Å². The Hall–Kier alpha value is -0.570. The molecule has 0 aliphatic rings. The molecule has 0 aromatic carbocycles. The zero-order valence-electron chi connectivity index (χ0n) is 6.37. The van der Waals surface area contributed by atoms with Gasteiger partial charge in [-0.15, -0.1) is 0 Å². The second kappa shape index (κ2) is 4.28. The van der Waals surface area contributed by atoms with Crippen LogP contribution in [0, 0.1) is 5.92 Å². The number of aliphatic carboxylic acids is 1. The number of rotatable bonds is 4. The molecular formula is C7H14O3. The van der Waals surface area contributed by atoms with Crippen LogP contribution in [0.5, 0.6) is 0 Å². The largest absolute Gasteiger partial charge is 0.481 e. The Morgan fingerprint density at radius 1 is 1.50 bits per heavy atom. The predicted octanol–water partition coefficient (Wildman–Crippen LogP) is 0.868. The van der Waals surface area contributed by atoms with Gasteiger partial charge in [0.15, 0.2) is 0 Å². The highest BCUT2D eigenvalue weighted by Gasteiger charge is 2.10. The monoisotopic (exact) mass is 146 g/mol. The molecule has 0 rings (SSSR count). The zero-order chi connectivity index (χ0) is 8.15. The van der Waals surface area contributed by atoms with Crippen molar-refractivity contribution in [2.24, 2.45) is 5.92 Å². The van der Waals surface area contributed by atoms with Gasteiger partial charge in [0.25, 0.3) is 0 Å². The number of carboxylic acid groups (broad SMARTS) is 1. The highest BCUT2D eigenvalue weighted by molar-refractivity contribution is 5.67. The Morgan fingerprint density at radius 3 is 2.30 bits per heavy atom. The van der Waals surface area contributed by atoms with Crippen LogP contribution >= 0.6 is 0 Å². The minimum atomic E-state index is -0.937. The first-order chi connectivity index (χ1) is 4.52. The molecule has 0 saturated heterocycles. The SMILES string of the molecule is CC(C)C[C@@H](O)CC(=O)O. The molecule has 0 radical (unpaired) electrons. The van der Waals surface area contributed by atoms with Crippen molar-refractivity contribution in [3.05, 3.63) is 0 Å². The van der Waals surface area contributed by atoms with Gasteiger partial charge in [0.2, 0.25) is 0 Å². The Labute approximate surface area is 60.7 Å². The van der Waals surface area contributed by atoms with E-state index in [1.165, 1.54) is 0 Å². The smallest absolute Gasteiger partial charge is 0.305 e. The summed E-state index contributed by atoms with van der Waals surface area (Å²) in [4.78, 5) is 10.0. The molecule has 2 N–H and O–H groups in total. The lowest BCUT2D eigenvalue weighted by molar-refractivity contribution is -0.139. The zero-order valence-corrected chi connectivity index (χ0v) is 6.37. The Morgan fingerprint density at radius 2 is 2.00 bits per heavy atom. The lowest BCUT2D eigenvalue weighted by Crippen LogP contribution is -2.14. The number of hydrogen-bond donors (Lipinski definition) is 2. The van der Waals surface area contributed by atoms with Crippen molar-refractivity contribution < 1.29 is 15.0 Å². The molecule has 0 spiro atoms. The van der Waals surface area contributed by atoms with Gasteiger partial charge in [-0.3, -0.25) is 4.79 Å². The molecule has 0 aliphatic carbocycles. The van der Waals surface area contributed by atoms with Crippen LogP contribution in [0.1, 0.15) is 26.7 Å². The van der Waals surface area contributed by atoms with Gasteiger partial charge < -0.3 is 10.2 Å². The number of carboxylic acids is 1. The maximum Gasteiger partial charge on any atom is 0.305 e. The van der Waals surface area contributed by atoms with Crippen molar-refractivity contribution in [2.45, 2.75) is 32.8 Å². The van der Waals surface area contributed by atoms with Crippen LogP contribution in [0.4, 0.5) is 0 Å². The summed E-state index contributed by atoms with van der Waals surface area (Å²) in [7, 11) is 0. The topological polar surface area (TPSA) is 57.5 Å². The molecule has 0 heterocycles. The van der Waals surface area contributed by atoms with Crippen molar-refractivity contribution >= 4 is 5.97 Å². The molecular weight excluding hydrogens is 132 g/mol. The third-order valence-corrected chi connectivity index (χ3v) is 1.15. The molecule has 3 heteroatoms. The van der Waals surface area contributed by atoms with Crippen molar-refractivity contribution in [1.82, 2.24) is 0 Å². The van der Waals surface area contributed by atoms with Gasteiger partial charge >= 0.3 is 5.97 Å². The third kappa shape index (κ3) is 5.56. The summed E-state index contributed by atoms with van der Waals surface area (Å²) < 4.78 is 0. The fourth-order valence-corrected chi connectivity index (χ4v) is 0.829. The van der Waals surface area contributed by atoms with Crippen LogP contribution < -0.4 is 0 Å². The fourth-order valence-electron chi connectivity index (χ4n) is 0.829. The summed E-state index contributed by atoms with van der Waals surface area (Å²) in [5.41, 5.74) is 0. The molecule has 3 nitrogen and oxygen atoms in total. The molecule has 0 fully saturated rings.